The van der Waals surface area contributed by atoms with Gasteiger partial charge in [0.15, 0.2) is 0 Å². The molecule has 4 heteroatoms. The molecule has 0 amide bonds. The monoisotopic (exact) mass is 306 g/mol. The van der Waals surface area contributed by atoms with Crippen LogP contribution in [0.25, 0.3) is 0 Å². The third kappa shape index (κ3) is 3.69. The van der Waals surface area contributed by atoms with Gasteiger partial charge in [0.25, 0.3) is 0 Å². The topological polar surface area (TPSA) is 38.7 Å². The SMILES string of the molecule is COc1cc(C(O)Cc2ccc(Cl)cc2)c(OC)cc1C. The quantitative estimate of drug-likeness (QED) is 0.909. The summed E-state index contributed by atoms with van der Waals surface area (Å²) in [7, 11) is 3.21. The van der Waals surface area contributed by atoms with E-state index in [4.69, 9.17) is 21.1 Å². The zero-order chi connectivity index (χ0) is 15.4. The smallest absolute Gasteiger partial charge is 0.125 e. The van der Waals surface area contributed by atoms with E-state index in [1.165, 1.54) is 0 Å². The van der Waals surface area contributed by atoms with Gasteiger partial charge in [-0.25, -0.2) is 0 Å². The standard InChI is InChI=1S/C17H19ClO3/c1-11-8-17(21-3)14(10-16(11)20-2)15(19)9-12-4-6-13(18)7-5-12/h4-8,10,15,19H,9H2,1-3H3. The van der Waals surface area contributed by atoms with E-state index in [0.29, 0.717) is 17.2 Å². The van der Waals surface area contributed by atoms with E-state index >= 15 is 0 Å². The molecule has 1 atom stereocenters. The Bertz CT molecular complexity index is 608. The first-order chi connectivity index (χ1) is 10.0. The number of hydrogen-bond acceptors (Lipinski definition) is 3. The average molecular weight is 307 g/mol. The first-order valence-electron chi connectivity index (χ1n) is 6.70. The molecule has 112 valence electrons. The largest absolute Gasteiger partial charge is 0.496 e. The van der Waals surface area contributed by atoms with Gasteiger partial charge in [0.05, 0.1) is 20.3 Å². The minimum absolute atomic E-state index is 0.486. The molecule has 1 N–H and O–H groups in total. The van der Waals surface area contributed by atoms with E-state index in [0.717, 1.165) is 22.4 Å². The Kier molecular flexibility index (Phi) is 5.10. The van der Waals surface area contributed by atoms with Crippen LogP contribution in [0.15, 0.2) is 36.4 Å². The maximum atomic E-state index is 10.5. The van der Waals surface area contributed by atoms with Gasteiger partial charge in [-0.3, -0.25) is 0 Å². The van der Waals surface area contributed by atoms with E-state index in [2.05, 4.69) is 0 Å². The van der Waals surface area contributed by atoms with Gasteiger partial charge in [-0.2, -0.15) is 0 Å². The highest BCUT2D eigenvalue weighted by molar-refractivity contribution is 6.30. The number of aryl methyl sites for hydroxylation is 1. The maximum Gasteiger partial charge on any atom is 0.125 e. The van der Waals surface area contributed by atoms with Crippen molar-refractivity contribution >= 4 is 11.6 Å². The molecule has 0 bridgehead atoms. The lowest BCUT2D eigenvalue weighted by atomic mass is 9.99. The first-order valence-corrected chi connectivity index (χ1v) is 7.08. The van der Waals surface area contributed by atoms with E-state index in [1.807, 2.05) is 43.3 Å². The minimum atomic E-state index is -0.671. The number of aliphatic hydroxyl groups is 1. The molecule has 2 rings (SSSR count). The molecule has 0 aliphatic rings. The van der Waals surface area contributed by atoms with Crippen LogP contribution in [0.1, 0.15) is 22.8 Å². The molecule has 3 nitrogen and oxygen atoms in total. The van der Waals surface area contributed by atoms with Gasteiger partial charge in [-0.05, 0) is 42.3 Å². The van der Waals surface area contributed by atoms with Crippen molar-refractivity contribution < 1.29 is 14.6 Å². The summed E-state index contributed by atoms with van der Waals surface area (Å²) >= 11 is 5.87. The molecule has 0 aromatic heterocycles. The van der Waals surface area contributed by atoms with Crippen LogP contribution in [0.3, 0.4) is 0 Å². The predicted octanol–water partition coefficient (Wildman–Crippen LogP) is 3.94. The highest BCUT2D eigenvalue weighted by atomic mass is 35.5. The van der Waals surface area contributed by atoms with Gasteiger partial charge < -0.3 is 14.6 Å². The number of ether oxygens (including phenoxy) is 2. The van der Waals surface area contributed by atoms with Crippen LogP contribution < -0.4 is 9.47 Å². The molecule has 0 heterocycles. The molecular weight excluding hydrogens is 288 g/mol. The van der Waals surface area contributed by atoms with Crippen molar-refractivity contribution in [2.75, 3.05) is 14.2 Å². The average Bonchev–Trinajstić information content (AvgIpc) is 2.49. The summed E-state index contributed by atoms with van der Waals surface area (Å²) in [6, 6.07) is 11.1. The van der Waals surface area contributed by atoms with Crippen molar-refractivity contribution in [2.45, 2.75) is 19.4 Å². The molecule has 2 aromatic rings. The third-order valence-electron chi connectivity index (χ3n) is 3.45. The molecule has 0 saturated carbocycles. The molecule has 21 heavy (non-hydrogen) atoms. The molecule has 1 unspecified atom stereocenters. The summed E-state index contributed by atoms with van der Waals surface area (Å²) in [5.74, 6) is 1.40. The van der Waals surface area contributed by atoms with Crippen molar-refractivity contribution in [3.8, 4) is 11.5 Å². The molecule has 0 aliphatic carbocycles. The highest BCUT2D eigenvalue weighted by Crippen LogP contribution is 2.33. The van der Waals surface area contributed by atoms with E-state index in [9.17, 15) is 5.11 Å². The molecular formula is C17H19ClO3. The van der Waals surface area contributed by atoms with Crippen LogP contribution in [0.4, 0.5) is 0 Å². The first kappa shape index (κ1) is 15.7. The number of benzene rings is 2. The second kappa shape index (κ2) is 6.83. The van der Waals surface area contributed by atoms with Crippen LogP contribution in [-0.2, 0) is 6.42 Å². The zero-order valence-corrected chi connectivity index (χ0v) is 13.1. The van der Waals surface area contributed by atoms with Gasteiger partial charge in [-0.15, -0.1) is 0 Å². The molecule has 0 aliphatic heterocycles. The van der Waals surface area contributed by atoms with Crippen LogP contribution >= 0.6 is 11.6 Å². The Morgan fingerprint density at radius 2 is 1.67 bits per heavy atom. The van der Waals surface area contributed by atoms with Crippen LogP contribution in [0.2, 0.25) is 5.02 Å². The number of rotatable bonds is 5. The Morgan fingerprint density at radius 1 is 1.05 bits per heavy atom. The number of halogens is 1. The minimum Gasteiger partial charge on any atom is -0.496 e. The van der Waals surface area contributed by atoms with Crippen LogP contribution in [0.5, 0.6) is 11.5 Å². The summed E-state index contributed by atoms with van der Waals surface area (Å²) < 4.78 is 10.7. The molecule has 0 radical (unpaired) electrons. The zero-order valence-electron chi connectivity index (χ0n) is 12.4. The summed E-state index contributed by atoms with van der Waals surface area (Å²) in [5.41, 5.74) is 2.69. The molecule has 2 aromatic carbocycles. The fraction of sp³-hybridized carbons (Fsp3) is 0.294. The van der Waals surface area contributed by atoms with Gasteiger partial charge in [0.1, 0.15) is 11.5 Å². The van der Waals surface area contributed by atoms with Gasteiger partial charge >= 0.3 is 0 Å². The Morgan fingerprint density at radius 3 is 2.24 bits per heavy atom. The Labute approximate surface area is 130 Å². The second-order valence-electron chi connectivity index (χ2n) is 4.91. The van der Waals surface area contributed by atoms with Crippen molar-refractivity contribution in [3.05, 3.63) is 58.1 Å². The fourth-order valence-corrected chi connectivity index (χ4v) is 2.41. The lowest BCUT2D eigenvalue weighted by molar-refractivity contribution is 0.173. The van der Waals surface area contributed by atoms with Crippen molar-refractivity contribution in [1.82, 2.24) is 0 Å². The predicted molar refractivity (Wildman–Crippen MR) is 84.4 cm³/mol. The van der Waals surface area contributed by atoms with Crippen molar-refractivity contribution in [2.24, 2.45) is 0 Å². The lowest BCUT2D eigenvalue weighted by Gasteiger charge is -2.17. The highest BCUT2D eigenvalue weighted by Gasteiger charge is 2.17. The maximum absolute atomic E-state index is 10.5. The van der Waals surface area contributed by atoms with E-state index in [-0.39, 0.29) is 0 Å². The summed E-state index contributed by atoms with van der Waals surface area (Å²) in [5, 5.41) is 11.2. The Hall–Kier alpha value is -1.71. The normalized spacial score (nSPS) is 12.0. The van der Waals surface area contributed by atoms with E-state index < -0.39 is 6.10 Å². The fourth-order valence-electron chi connectivity index (χ4n) is 2.29. The molecule has 0 fully saturated rings. The summed E-state index contributed by atoms with van der Waals surface area (Å²) in [6.07, 6.45) is -0.185. The van der Waals surface area contributed by atoms with Gasteiger partial charge in [0.2, 0.25) is 0 Å². The summed E-state index contributed by atoms with van der Waals surface area (Å²) in [4.78, 5) is 0. The lowest BCUT2D eigenvalue weighted by Crippen LogP contribution is -2.05. The number of hydrogen-bond donors (Lipinski definition) is 1. The van der Waals surface area contributed by atoms with Gasteiger partial charge in [-0.1, -0.05) is 23.7 Å². The van der Waals surface area contributed by atoms with Gasteiger partial charge in [0, 0.05) is 17.0 Å². The Balaban J connectivity index is 2.29. The molecule has 0 spiro atoms. The van der Waals surface area contributed by atoms with Crippen LogP contribution in [0, 0.1) is 6.92 Å². The number of aliphatic hydroxyl groups excluding tert-OH is 1. The third-order valence-corrected chi connectivity index (χ3v) is 3.70. The second-order valence-corrected chi connectivity index (χ2v) is 5.35. The van der Waals surface area contributed by atoms with Crippen molar-refractivity contribution in [1.29, 1.82) is 0 Å². The van der Waals surface area contributed by atoms with E-state index in [1.54, 1.807) is 14.2 Å². The number of methoxy groups -OCH3 is 2. The van der Waals surface area contributed by atoms with Crippen molar-refractivity contribution in [3.63, 3.8) is 0 Å². The van der Waals surface area contributed by atoms with Crippen LogP contribution in [-0.4, -0.2) is 19.3 Å². The molecule has 0 saturated heterocycles. The summed E-state index contributed by atoms with van der Waals surface area (Å²) in [6.45, 7) is 1.94.